The van der Waals surface area contributed by atoms with Gasteiger partial charge in [0, 0.05) is 24.5 Å². The molecule has 7 heteroatoms. The van der Waals surface area contributed by atoms with Gasteiger partial charge < -0.3 is 9.47 Å². The van der Waals surface area contributed by atoms with Crippen molar-refractivity contribution in [2.45, 2.75) is 26.6 Å². The summed E-state index contributed by atoms with van der Waals surface area (Å²) in [6, 6.07) is 3.45. The molecule has 1 aromatic heterocycles. The second-order valence-electron chi connectivity index (χ2n) is 4.73. The van der Waals surface area contributed by atoms with Crippen molar-refractivity contribution in [2.24, 2.45) is 10.9 Å². The number of aromatic nitrogens is 1. The van der Waals surface area contributed by atoms with E-state index in [9.17, 15) is 9.59 Å². The number of hydrogen-bond donors (Lipinski definition) is 0. The molecule has 6 nitrogen and oxygen atoms in total. The number of pyridine rings is 1. The Morgan fingerprint density at radius 3 is 2.45 bits per heavy atom. The molecule has 0 radical (unpaired) electrons. The number of cyclic esters (lactones) is 2. The third-order valence-corrected chi connectivity index (χ3v) is 3.40. The molecule has 1 aliphatic rings. The topological polar surface area (TPSA) is 77.8 Å². The highest BCUT2D eigenvalue weighted by Crippen LogP contribution is 2.23. The summed E-state index contributed by atoms with van der Waals surface area (Å²) in [4.78, 5) is 31.6. The van der Waals surface area contributed by atoms with Crippen LogP contribution < -0.4 is 0 Å². The maximum atomic E-state index is 11.7. The molecule has 0 aliphatic carbocycles. The van der Waals surface area contributed by atoms with Crippen molar-refractivity contribution in [1.82, 2.24) is 4.98 Å². The lowest BCUT2D eigenvalue weighted by atomic mass is 10.1. The molecule has 0 saturated carbocycles. The molecule has 106 valence electrons. The maximum absolute atomic E-state index is 11.7. The van der Waals surface area contributed by atoms with Gasteiger partial charge >= 0.3 is 11.9 Å². The zero-order valence-corrected chi connectivity index (χ0v) is 12.8. The van der Waals surface area contributed by atoms with Crippen LogP contribution in [0.5, 0.6) is 0 Å². The van der Waals surface area contributed by atoms with Gasteiger partial charge in [-0.3, -0.25) is 9.59 Å². The highest BCUT2D eigenvalue weighted by atomic mass is 79.9. The first-order chi connectivity index (χ1) is 9.28. The van der Waals surface area contributed by atoms with Crippen molar-refractivity contribution in [2.75, 3.05) is 0 Å². The van der Waals surface area contributed by atoms with Gasteiger partial charge in [0.25, 0.3) is 5.79 Å². The average Bonchev–Trinajstić information content (AvgIpc) is 2.31. The Balaban J connectivity index is 2.16. The Labute approximate surface area is 124 Å². The van der Waals surface area contributed by atoms with Gasteiger partial charge in [0.15, 0.2) is 11.7 Å². The van der Waals surface area contributed by atoms with Crippen LogP contribution in [0.15, 0.2) is 21.6 Å². The van der Waals surface area contributed by atoms with E-state index in [-0.39, 0.29) is 0 Å². The van der Waals surface area contributed by atoms with Gasteiger partial charge in [-0.15, -0.1) is 0 Å². The van der Waals surface area contributed by atoms with Crippen LogP contribution >= 0.6 is 15.9 Å². The van der Waals surface area contributed by atoms with Crippen molar-refractivity contribution in [3.8, 4) is 0 Å². The number of rotatable bonds is 2. The Bertz CT molecular complexity index is 578. The Morgan fingerprint density at radius 2 is 1.90 bits per heavy atom. The minimum absolute atomic E-state index is 0.399. The first-order valence-electron chi connectivity index (χ1n) is 5.91. The number of nitrogens with zero attached hydrogens (tertiary/aromatic N) is 2. The third kappa shape index (κ3) is 3.22. The summed E-state index contributed by atoms with van der Waals surface area (Å²) >= 11 is 3.33. The molecular weight excluding hydrogens is 328 g/mol. The Morgan fingerprint density at radius 1 is 1.30 bits per heavy atom. The van der Waals surface area contributed by atoms with Crippen LogP contribution in [0.4, 0.5) is 5.82 Å². The van der Waals surface area contributed by atoms with Crippen LogP contribution in [0.25, 0.3) is 0 Å². The predicted octanol–water partition coefficient (Wildman–Crippen LogP) is 2.31. The highest BCUT2D eigenvalue weighted by Gasteiger charge is 2.42. The van der Waals surface area contributed by atoms with Gasteiger partial charge in [-0.2, -0.15) is 0 Å². The van der Waals surface area contributed by atoms with E-state index in [1.165, 1.54) is 20.1 Å². The van der Waals surface area contributed by atoms with E-state index in [0.717, 1.165) is 10.2 Å². The largest absolute Gasteiger partial charge is 0.422 e. The van der Waals surface area contributed by atoms with Crippen molar-refractivity contribution in [1.29, 1.82) is 0 Å². The number of aryl methyl sites for hydroxylation is 1. The maximum Gasteiger partial charge on any atom is 0.329 e. The van der Waals surface area contributed by atoms with E-state index >= 15 is 0 Å². The summed E-state index contributed by atoms with van der Waals surface area (Å²) in [6.45, 7) is 4.81. The minimum Gasteiger partial charge on any atom is -0.422 e. The lowest BCUT2D eigenvalue weighted by molar-refractivity contribution is -0.235. The number of halogens is 1. The number of carbonyl (C=O) groups is 2. The number of aliphatic imine (C=N–C) groups is 1. The van der Waals surface area contributed by atoms with Gasteiger partial charge in [-0.05, 0) is 35.0 Å². The van der Waals surface area contributed by atoms with E-state index < -0.39 is 23.6 Å². The lowest BCUT2D eigenvalue weighted by Gasteiger charge is -2.31. The fraction of sp³-hybridized carbons (Fsp3) is 0.385. The third-order valence-electron chi connectivity index (χ3n) is 2.56. The van der Waals surface area contributed by atoms with Crippen LogP contribution in [0.2, 0.25) is 0 Å². The van der Waals surface area contributed by atoms with E-state index in [2.05, 4.69) is 25.9 Å². The SMILES string of the molecule is Cc1nc(/N=C/C2C(=O)OC(C)(C)OC2=O)ccc1Br. The molecule has 1 fully saturated rings. The molecule has 0 unspecified atom stereocenters. The van der Waals surface area contributed by atoms with E-state index in [1.54, 1.807) is 12.1 Å². The quantitative estimate of drug-likeness (QED) is 0.469. The monoisotopic (exact) mass is 340 g/mol. The standard InChI is InChI=1S/C13H13BrN2O4/c1-7-9(14)4-5-10(16-7)15-6-8-11(17)19-13(2,3)20-12(8)18/h4-6,8H,1-3H3/b15-6+. The fourth-order valence-electron chi connectivity index (χ4n) is 1.60. The predicted molar refractivity (Wildman–Crippen MR) is 74.6 cm³/mol. The number of hydrogen-bond acceptors (Lipinski definition) is 6. The molecule has 2 heterocycles. The Hall–Kier alpha value is -1.76. The molecule has 0 aromatic carbocycles. The van der Waals surface area contributed by atoms with Crippen LogP contribution in [0.1, 0.15) is 19.5 Å². The summed E-state index contributed by atoms with van der Waals surface area (Å²) in [5, 5.41) is 0. The molecule has 2 rings (SSSR count). The van der Waals surface area contributed by atoms with Gasteiger partial charge in [-0.1, -0.05) is 0 Å². The number of esters is 2. The van der Waals surface area contributed by atoms with Gasteiger partial charge in [0.1, 0.15) is 0 Å². The number of carbonyl (C=O) groups excluding carboxylic acids is 2. The van der Waals surface area contributed by atoms with E-state index in [0.29, 0.717) is 5.82 Å². The highest BCUT2D eigenvalue weighted by molar-refractivity contribution is 9.10. The second-order valence-corrected chi connectivity index (χ2v) is 5.59. The normalized spacial score (nSPS) is 19.0. The summed E-state index contributed by atoms with van der Waals surface area (Å²) in [5.41, 5.74) is 0.759. The first-order valence-corrected chi connectivity index (χ1v) is 6.71. The van der Waals surface area contributed by atoms with Crippen LogP contribution in [-0.2, 0) is 19.1 Å². The molecule has 0 spiro atoms. The number of ether oxygens (including phenoxy) is 2. The summed E-state index contributed by atoms with van der Waals surface area (Å²) in [6.07, 6.45) is 1.19. The van der Waals surface area contributed by atoms with Crippen molar-refractivity contribution in [3.05, 3.63) is 22.3 Å². The average molecular weight is 341 g/mol. The molecular formula is C13H13BrN2O4. The van der Waals surface area contributed by atoms with Crippen molar-refractivity contribution in [3.63, 3.8) is 0 Å². The summed E-state index contributed by atoms with van der Waals surface area (Å²) < 4.78 is 10.8. The van der Waals surface area contributed by atoms with Crippen molar-refractivity contribution >= 4 is 39.9 Å². The fourth-order valence-corrected chi connectivity index (χ4v) is 1.82. The molecule has 0 bridgehead atoms. The van der Waals surface area contributed by atoms with Crippen LogP contribution in [0, 0.1) is 12.8 Å². The lowest BCUT2D eigenvalue weighted by Crippen LogP contribution is -2.46. The van der Waals surface area contributed by atoms with Crippen molar-refractivity contribution < 1.29 is 19.1 Å². The van der Waals surface area contributed by atoms with Crippen LogP contribution in [0.3, 0.4) is 0 Å². The van der Waals surface area contributed by atoms with Gasteiger partial charge in [0.05, 0.1) is 5.69 Å². The summed E-state index contributed by atoms with van der Waals surface area (Å²) in [7, 11) is 0. The second kappa shape index (κ2) is 5.32. The smallest absolute Gasteiger partial charge is 0.329 e. The van der Waals surface area contributed by atoms with E-state index in [1.807, 2.05) is 6.92 Å². The molecule has 1 aliphatic heterocycles. The molecule has 20 heavy (non-hydrogen) atoms. The summed E-state index contributed by atoms with van der Waals surface area (Å²) in [5.74, 6) is -3.34. The molecule has 0 N–H and O–H groups in total. The van der Waals surface area contributed by atoms with Gasteiger partial charge in [-0.25, -0.2) is 9.98 Å². The van der Waals surface area contributed by atoms with E-state index in [4.69, 9.17) is 9.47 Å². The first kappa shape index (κ1) is 14.6. The zero-order valence-electron chi connectivity index (χ0n) is 11.2. The molecule has 1 saturated heterocycles. The Kier molecular flexibility index (Phi) is 3.89. The molecule has 1 aromatic rings. The van der Waals surface area contributed by atoms with Gasteiger partial charge in [0.2, 0.25) is 0 Å². The molecule has 0 atom stereocenters. The molecule has 0 amide bonds. The zero-order chi connectivity index (χ0) is 14.9. The van der Waals surface area contributed by atoms with Crippen LogP contribution in [-0.4, -0.2) is 28.9 Å². The minimum atomic E-state index is -1.23.